The number of ketones is 1. The number of fused-ring (bicyclic) bond motifs is 1. The van der Waals surface area contributed by atoms with E-state index in [1.165, 1.54) is 0 Å². The Morgan fingerprint density at radius 2 is 1.83 bits per heavy atom. The third-order valence-corrected chi connectivity index (χ3v) is 6.12. The van der Waals surface area contributed by atoms with E-state index in [4.69, 9.17) is 18.9 Å². The first-order valence-corrected chi connectivity index (χ1v) is 10.1. The number of Topliss-reactive ketones (excluding diaryl/α,β-unsaturated/α-hetero) is 1. The van der Waals surface area contributed by atoms with Crippen molar-refractivity contribution in [3.63, 3.8) is 0 Å². The summed E-state index contributed by atoms with van der Waals surface area (Å²) < 4.78 is 22.1. The summed E-state index contributed by atoms with van der Waals surface area (Å²) in [6.45, 7) is 0.741. The molecule has 1 aromatic carbocycles. The SMILES string of the molecule is COCCN1C(=O)C2=C(C(=O)C3CCCCC3O2)C1c1ccc(OC)c(OC)c1. The first kappa shape index (κ1) is 19.8. The van der Waals surface area contributed by atoms with Gasteiger partial charge in [0, 0.05) is 13.7 Å². The van der Waals surface area contributed by atoms with Gasteiger partial charge in [-0.2, -0.15) is 0 Å². The number of carbonyl (C=O) groups is 2. The second kappa shape index (κ2) is 8.06. The van der Waals surface area contributed by atoms with Crippen molar-refractivity contribution < 1.29 is 28.5 Å². The molecular formula is C22H27NO6. The third kappa shape index (κ3) is 3.27. The summed E-state index contributed by atoms with van der Waals surface area (Å²) in [7, 11) is 4.73. The van der Waals surface area contributed by atoms with Crippen LogP contribution in [0.4, 0.5) is 0 Å². The van der Waals surface area contributed by atoms with Crippen LogP contribution in [0.2, 0.25) is 0 Å². The standard InChI is InChI=1S/C22H27NO6/c1-26-11-10-23-19(13-8-9-16(27-2)17(12-13)28-3)18-20(24)14-6-4-5-7-15(14)29-21(18)22(23)25/h8-9,12,14-15,19H,4-7,10-11H2,1-3H3. The van der Waals surface area contributed by atoms with Gasteiger partial charge in [-0.25, -0.2) is 0 Å². The molecule has 1 fully saturated rings. The highest BCUT2D eigenvalue weighted by atomic mass is 16.5. The zero-order valence-electron chi connectivity index (χ0n) is 17.1. The second-order valence-corrected chi connectivity index (χ2v) is 7.66. The molecule has 1 saturated carbocycles. The maximum atomic E-state index is 13.5. The van der Waals surface area contributed by atoms with Crippen molar-refractivity contribution in [2.45, 2.75) is 37.8 Å². The molecule has 0 aromatic heterocycles. The van der Waals surface area contributed by atoms with E-state index in [-0.39, 0.29) is 29.5 Å². The molecule has 2 heterocycles. The lowest BCUT2D eigenvalue weighted by Gasteiger charge is -2.35. The number of rotatable bonds is 6. The Bertz CT molecular complexity index is 848. The van der Waals surface area contributed by atoms with E-state index in [1.54, 1.807) is 32.3 Å². The van der Waals surface area contributed by atoms with Crippen LogP contribution in [0.25, 0.3) is 0 Å². The number of benzene rings is 1. The van der Waals surface area contributed by atoms with Crippen LogP contribution in [0.5, 0.6) is 11.5 Å². The predicted octanol–water partition coefficient (Wildman–Crippen LogP) is 2.65. The molecule has 2 aliphatic heterocycles. The Morgan fingerprint density at radius 3 is 2.55 bits per heavy atom. The molecule has 0 spiro atoms. The zero-order valence-corrected chi connectivity index (χ0v) is 17.1. The van der Waals surface area contributed by atoms with Gasteiger partial charge in [-0.1, -0.05) is 12.5 Å². The van der Waals surface area contributed by atoms with E-state index in [9.17, 15) is 9.59 Å². The van der Waals surface area contributed by atoms with E-state index in [0.717, 1.165) is 31.2 Å². The molecule has 0 bridgehead atoms. The molecular weight excluding hydrogens is 374 g/mol. The zero-order chi connectivity index (χ0) is 20.5. The van der Waals surface area contributed by atoms with Crippen LogP contribution in [0.1, 0.15) is 37.3 Å². The van der Waals surface area contributed by atoms with Crippen LogP contribution in [-0.2, 0) is 19.1 Å². The van der Waals surface area contributed by atoms with Gasteiger partial charge in [0.15, 0.2) is 23.0 Å². The lowest BCUT2D eigenvalue weighted by molar-refractivity contribution is -0.135. The summed E-state index contributed by atoms with van der Waals surface area (Å²) in [5.41, 5.74) is 1.27. The van der Waals surface area contributed by atoms with Gasteiger partial charge >= 0.3 is 0 Å². The van der Waals surface area contributed by atoms with Crippen LogP contribution in [0, 0.1) is 5.92 Å². The van der Waals surface area contributed by atoms with Gasteiger partial charge in [-0.3, -0.25) is 9.59 Å². The highest BCUT2D eigenvalue weighted by Crippen LogP contribution is 2.47. The predicted molar refractivity (Wildman–Crippen MR) is 105 cm³/mol. The highest BCUT2D eigenvalue weighted by molar-refractivity contribution is 6.11. The van der Waals surface area contributed by atoms with Crippen molar-refractivity contribution in [3.05, 3.63) is 35.1 Å². The van der Waals surface area contributed by atoms with Crippen molar-refractivity contribution in [1.82, 2.24) is 4.90 Å². The van der Waals surface area contributed by atoms with Crippen LogP contribution in [0.3, 0.4) is 0 Å². The number of carbonyl (C=O) groups excluding carboxylic acids is 2. The molecule has 1 aromatic rings. The van der Waals surface area contributed by atoms with Crippen LogP contribution in [-0.4, -0.2) is 57.2 Å². The van der Waals surface area contributed by atoms with Gasteiger partial charge in [-0.15, -0.1) is 0 Å². The summed E-state index contributed by atoms with van der Waals surface area (Å²) in [6.07, 6.45) is 3.48. The van der Waals surface area contributed by atoms with Gasteiger partial charge < -0.3 is 23.8 Å². The first-order chi connectivity index (χ1) is 14.1. The summed E-state index contributed by atoms with van der Waals surface area (Å²) in [4.78, 5) is 28.3. The topological polar surface area (TPSA) is 74.3 Å². The Balaban J connectivity index is 1.79. The fourth-order valence-electron chi connectivity index (χ4n) is 4.68. The van der Waals surface area contributed by atoms with Gasteiger partial charge in [0.05, 0.1) is 38.4 Å². The van der Waals surface area contributed by atoms with Crippen LogP contribution >= 0.6 is 0 Å². The lowest BCUT2D eigenvalue weighted by Crippen LogP contribution is -2.39. The van der Waals surface area contributed by atoms with Crippen molar-refractivity contribution in [2.75, 3.05) is 34.5 Å². The normalized spacial score (nSPS) is 26.2. The van der Waals surface area contributed by atoms with Gasteiger partial charge in [-0.05, 0) is 37.0 Å². The number of hydrogen-bond acceptors (Lipinski definition) is 6. The van der Waals surface area contributed by atoms with E-state index < -0.39 is 6.04 Å². The molecule has 1 amide bonds. The smallest absolute Gasteiger partial charge is 0.290 e. The van der Waals surface area contributed by atoms with Gasteiger partial charge in [0.2, 0.25) is 0 Å². The molecule has 1 aliphatic carbocycles. The maximum Gasteiger partial charge on any atom is 0.290 e. The highest BCUT2D eigenvalue weighted by Gasteiger charge is 2.51. The van der Waals surface area contributed by atoms with Crippen molar-refractivity contribution in [1.29, 1.82) is 0 Å². The largest absolute Gasteiger partial charge is 0.493 e. The van der Waals surface area contributed by atoms with Crippen molar-refractivity contribution >= 4 is 11.7 Å². The fourth-order valence-corrected chi connectivity index (χ4v) is 4.68. The lowest BCUT2D eigenvalue weighted by atomic mass is 9.77. The van der Waals surface area contributed by atoms with Gasteiger partial charge in [0.1, 0.15) is 6.10 Å². The summed E-state index contributed by atoms with van der Waals surface area (Å²) in [5, 5.41) is 0. The second-order valence-electron chi connectivity index (χ2n) is 7.66. The molecule has 3 unspecified atom stereocenters. The summed E-state index contributed by atoms with van der Waals surface area (Å²) >= 11 is 0. The average Bonchev–Trinajstić information content (AvgIpc) is 3.03. The first-order valence-electron chi connectivity index (χ1n) is 10.1. The minimum atomic E-state index is -0.511. The monoisotopic (exact) mass is 401 g/mol. The minimum absolute atomic E-state index is 0.0454. The number of hydrogen-bond donors (Lipinski definition) is 0. The molecule has 3 aliphatic rings. The molecule has 3 atom stereocenters. The molecule has 0 radical (unpaired) electrons. The van der Waals surface area contributed by atoms with Gasteiger partial charge in [0.25, 0.3) is 5.91 Å². The third-order valence-electron chi connectivity index (χ3n) is 6.12. The number of amides is 1. The molecule has 4 rings (SSSR count). The van der Waals surface area contributed by atoms with E-state index in [0.29, 0.717) is 30.2 Å². The average molecular weight is 401 g/mol. The Labute approximate surface area is 170 Å². The maximum absolute atomic E-state index is 13.5. The summed E-state index contributed by atoms with van der Waals surface area (Å²) in [5.74, 6) is 1.00. The quantitative estimate of drug-likeness (QED) is 0.730. The fraction of sp³-hybridized carbons (Fsp3) is 0.545. The van der Waals surface area contributed by atoms with Crippen LogP contribution < -0.4 is 9.47 Å². The Hall–Kier alpha value is -2.54. The van der Waals surface area contributed by atoms with E-state index >= 15 is 0 Å². The number of methoxy groups -OCH3 is 3. The Kier molecular flexibility index (Phi) is 5.50. The molecule has 29 heavy (non-hydrogen) atoms. The molecule has 7 heteroatoms. The van der Waals surface area contributed by atoms with E-state index in [1.807, 2.05) is 12.1 Å². The Morgan fingerprint density at radius 1 is 1.07 bits per heavy atom. The minimum Gasteiger partial charge on any atom is -0.493 e. The molecule has 7 nitrogen and oxygen atoms in total. The van der Waals surface area contributed by atoms with Crippen LogP contribution in [0.15, 0.2) is 29.5 Å². The summed E-state index contributed by atoms with van der Waals surface area (Å²) in [6, 6.07) is 4.98. The van der Waals surface area contributed by atoms with Crippen molar-refractivity contribution in [3.8, 4) is 11.5 Å². The number of ether oxygens (including phenoxy) is 4. The van der Waals surface area contributed by atoms with E-state index in [2.05, 4.69) is 0 Å². The molecule has 0 saturated heterocycles. The van der Waals surface area contributed by atoms with Crippen molar-refractivity contribution in [2.24, 2.45) is 5.92 Å². The number of nitrogens with zero attached hydrogens (tertiary/aromatic N) is 1. The molecule has 0 N–H and O–H groups in total. The molecule has 156 valence electrons.